The van der Waals surface area contributed by atoms with Crippen LogP contribution in [-0.4, -0.2) is 10.9 Å². The monoisotopic (exact) mass is 315 g/mol. The maximum Gasteiger partial charge on any atom is 0.418 e. The highest BCUT2D eigenvalue weighted by molar-refractivity contribution is 6.30. The van der Waals surface area contributed by atoms with Gasteiger partial charge in [0.2, 0.25) is 0 Å². The van der Waals surface area contributed by atoms with E-state index < -0.39 is 23.3 Å². The molecule has 1 amide bonds. The van der Waals surface area contributed by atoms with Crippen LogP contribution in [0.5, 0.6) is 0 Å². The number of carbonyl (C=O) groups is 1. The van der Waals surface area contributed by atoms with Gasteiger partial charge in [-0.2, -0.15) is 13.2 Å². The summed E-state index contributed by atoms with van der Waals surface area (Å²) < 4.78 is 38.7. The van der Waals surface area contributed by atoms with E-state index in [9.17, 15) is 18.0 Å². The van der Waals surface area contributed by atoms with E-state index >= 15 is 0 Å². The molecule has 2 aromatic rings. The molecule has 0 atom stereocenters. The van der Waals surface area contributed by atoms with Crippen LogP contribution in [0.2, 0.25) is 5.02 Å². The highest BCUT2D eigenvalue weighted by atomic mass is 35.5. The van der Waals surface area contributed by atoms with Crippen molar-refractivity contribution in [1.82, 2.24) is 4.98 Å². The van der Waals surface area contributed by atoms with Crippen LogP contribution in [0.4, 0.5) is 24.7 Å². The molecule has 0 saturated heterocycles. The Balaban J connectivity index is 2.34. The topological polar surface area (TPSA) is 68.0 Å². The zero-order valence-corrected chi connectivity index (χ0v) is 11.2. The van der Waals surface area contributed by atoms with E-state index in [-0.39, 0.29) is 16.5 Å². The van der Waals surface area contributed by atoms with Gasteiger partial charge in [0.1, 0.15) is 11.5 Å². The van der Waals surface area contributed by atoms with E-state index in [1.54, 1.807) is 0 Å². The van der Waals surface area contributed by atoms with Gasteiger partial charge in [0.25, 0.3) is 5.91 Å². The molecule has 0 bridgehead atoms. The number of rotatable bonds is 2. The summed E-state index contributed by atoms with van der Waals surface area (Å²) in [7, 11) is 0. The third-order valence-corrected chi connectivity index (χ3v) is 2.77. The van der Waals surface area contributed by atoms with Crippen molar-refractivity contribution in [2.75, 3.05) is 11.1 Å². The van der Waals surface area contributed by atoms with Crippen molar-refractivity contribution in [2.24, 2.45) is 0 Å². The summed E-state index contributed by atoms with van der Waals surface area (Å²) in [5.74, 6) is -0.704. The zero-order chi connectivity index (χ0) is 15.6. The number of nitrogens with one attached hydrogen (secondary N) is 1. The molecular weight excluding hydrogens is 307 g/mol. The Morgan fingerprint density at radius 3 is 2.57 bits per heavy atom. The van der Waals surface area contributed by atoms with Crippen molar-refractivity contribution in [3.8, 4) is 0 Å². The van der Waals surface area contributed by atoms with Crippen molar-refractivity contribution in [3.05, 3.63) is 52.7 Å². The largest absolute Gasteiger partial charge is 0.418 e. The first-order valence-electron chi connectivity index (χ1n) is 5.68. The number of halogens is 4. The lowest BCUT2D eigenvalue weighted by atomic mass is 10.1. The summed E-state index contributed by atoms with van der Waals surface area (Å²) in [5, 5.41) is 2.07. The first kappa shape index (κ1) is 15.1. The van der Waals surface area contributed by atoms with Crippen LogP contribution in [0.1, 0.15) is 16.1 Å². The third kappa shape index (κ3) is 3.63. The summed E-state index contributed by atoms with van der Waals surface area (Å²) in [5.41, 5.74) is 3.90. The second kappa shape index (κ2) is 5.61. The van der Waals surface area contributed by atoms with Gasteiger partial charge in [-0.1, -0.05) is 17.7 Å². The average molecular weight is 316 g/mol. The van der Waals surface area contributed by atoms with Crippen LogP contribution in [0, 0.1) is 0 Å². The Morgan fingerprint density at radius 1 is 1.24 bits per heavy atom. The van der Waals surface area contributed by atoms with Crippen LogP contribution in [0.3, 0.4) is 0 Å². The standard InChI is InChI=1S/C13H9ClF3N3O/c14-7-4-5-9(8(6-7)13(15,16)17)20-12(21)10-2-1-3-11(18)19-10/h1-6H,(H2,18,19)(H,20,21). The molecule has 2 rings (SSSR count). The van der Waals surface area contributed by atoms with E-state index in [0.717, 1.165) is 12.1 Å². The van der Waals surface area contributed by atoms with Gasteiger partial charge in [0.05, 0.1) is 11.3 Å². The van der Waals surface area contributed by atoms with E-state index in [4.69, 9.17) is 17.3 Å². The molecule has 4 nitrogen and oxygen atoms in total. The molecule has 0 radical (unpaired) electrons. The van der Waals surface area contributed by atoms with Crippen molar-refractivity contribution in [1.29, 1.82) is 0 Å². The van der Waals surface area contributed by atoms with Gasteiger partial charge in [-0.3, -0.25) is 4.79 Å². The van der Waals surface area contributed by atoms with Crippen molar-refractivity contribution < 1.29 is 18.0 Å². The van der Waals surface area contributed by atoms with Crippen molar-refractivity contribution >= 4 is 29.0 Å². The minimum Gasteiger partial charge on any atom is -0.384 e. The number of nitrogen functional groups attached to an aromatic ring is 1. The molecule has 0 spiro atoms. The summed E-state index contributed by atoms with van der Waals surface area (Å²) in [4.78, 5) is 15.6. The summed E-state index contributed by atoms with van der Waals surface area (Å²) in [6, 6.07) is 7.34. The van der Waals surface area contributed by atoms with E-state index in [0.29, 0.717) is 0 Å². The minimum absolute atomic E-state index is 0.0811. The average Bonchev–Trinajstić information content (AvgIpc) is 2.39. The molecule has 8 heteroatoms. The van der Waals surface area contributed by atoms with Gasteiger partial charge >= 0.3 is 6.18 Å². The fourth-order valence-electron chi connectivity index (χ4n) is 1.62. The van der Waals surface area contributed by atoms with Gasteiger partial charge in [-0.25, -0.2) is 4.98 Å². The normalized spacial score (nSPS) is 11.2. The second-order valence-electron chi connectivity index (χ2n) is 4.09. The van der Waals surface area contributed by atoms with E-state index in [2.05, 4.69) is 10.3 Å². The van der Waals surface area contributed by atoms with Crippen LogP contribution in [0.15, 0.2) is 36.4 Å². The molecule has 0 saturated carbocycles. The Kier molecular flexibility index (Phi) is 4.04. The predicted molar refractivity (Wildman–Crippen MR) is 73.1 cm³/mol. The zero-order valence-electron chi connectivity index (χ0n) is 10.4. The van der Waals surface area contributed by atoms with Crippen molar-refractivity contribution in [2.45, 2.75) is 6.18 Å². The summed E-state index contributed by atoms with van der Waals surface area (Å²) in [6.45, 7) is 0. The van der Waals surface area contributed by atoms with E-state index in [1.807, 2.05) is 0 Å². The molecule has 21 heavy (non-hydrogen) atoms. The first-order valence-corrected chi connectivity index (χ1v) is 6.06. The maximum absolute atomic E-state index is 12.9. The Morgan fingerprint density at radius 2 is 1.95 bits per heavy atom. The molecule has 0 aliphatic heterocycles. The van der Waals surface area contributed by atoms with Crippen LogP contribution in [0.25, 0.3) is 0 Å². The predicted octanol–water partition coefficient (Wildman–Crippen LogP) is 3.59. The molecule has 110 valence electrons. The number of aromatic nitrogens is 1. The Hall–Kier alpha value is -2.28. The quantitative estimate of drug-likeness (QED) is 0.890. The minimum atomic E-state index is -4.64. The molecule has 0 unspecified atom stereocenters. The SMILES string of the molecule is Nc1cccc(C(=O)Nc2ccc(Cl)cc2C(F)(F)F)n1. The van der Waals surface area contributed by atoms with Gasteiger partial charge < -0.3 is 11.1 Å². The number of hydrogen-bond acceptors (Lipinski definition) is 3. The van der Waals surface area contributed by atoms with Crippen molar-refractivity contribution in [3.63, 3.8) is 0 Å². The number of benzene rings is 1. The number of nitrogens with zero attached hydrogens (tertiary/aromatic N) is 1. The van der Waals surface area contributed by atoms with Gasteiger partial charge in [0.15, 0.2) is 0 Å². The highest BCUT2D eigenvalue weighted by Gasteiger charge is 2.34. The van der Waals surface area contributed by atoms with Crippen LogP contribution in [-0.2, 0) is 6.18 Å². The lowest BCUT2D eigenvalue weighted by molar-refractivity contribution is -0.136. The Labute approximate surface area is 122 Å². The number of pyridine rings is 1. The fraction of sp³-hybridized carbons (Fsp3) is 0.0769. The van der Waals surface area contributed by atoms with Gasteiger partial charge in [-0.15, -0.1) is 0 Å². The highest BCUT2D eigenvalue weighted by Crippen LogP contribution is 2.36. The first-order chi connectivity index (χ1) is 9.77. The fourth-order valence-corrected chi connectivity index (χ4v) is 1.80. The van der Waals surface area contributed by atoms with E-state index in [1.165, 1.54) is 24.3 Å². The molecule has 3 N–H and O–H groups in total. The van der Waals surface area contributed by atoms with Gasteiger partial charge in [0, 0.05) is 5.02 Å². The molecular formula is C13H9ClF3N3O. The number of carbonyl (C=O) groups excluding carboxylic acids is 1. The number of nitrogens with two attached hydrogens (primary N) is 1. The molecule has 0 fully saturated rings. The van der Waals surface area contributed by atoms with Crippen LogP contribution >= 0.6 is 11.6 Å². The second-order valence-corrected chi connectivity index (χ2v) is 4.53. The molecule has 1 aromatic heterocycles. The summed E-state index contributed by atoms with van der Waals surface area (Å²) >= 11 is 5.56. The number of alkyl halides is 3. The van der Waals surface area contributed by atoms with Gasteiger partial charge in [-0.05, 0) is 30.3 Å². The smallest absolute Gasteiger partial charge is 0.384 e. The molecule has 0 aliphatic carbocycles. The molecule has 1 heterocycles. The number of anilines is 2. The molecule has 1 aromatic carbocycles. The lowest BCUT2D eigenvalue weighted by Crippen LogP contribution is -2.18. The maximum atomic E-state index is 12.9. The number of hydrogen-bond donors (Lipinski definition) is 2. The lowest BCUT2D eigenvalue weighted by Gasteiger charge is -2.14. The Bertz CT molecular complexity index is 689. The number of amides is 1. The van der Waals surface area contributed by atoms with Crippen LogP contribution < -0.4 is 11.1 Å². The molecule has 0 aliphatic rings. The summed E-state index contributed by atoms with van der Waals surface area (Å²) in [6.07, 6.45) is -4.64. The third-order valence-electron chi connectivity index (χ3n) is 2.54.